The van der Waals surface area contributed by atoms with Crippen molar-refractivity contribution in [1.82, 2.24) is 4.90 Å². The van der Waals surface area contributed by atoms with Crippen LogP contribution in [0.5, 0.6) is 0 Å². The average molecular weight is 197 g/mol. The van der Waals surface area contributed by atoms with Crippen molar-refractivity contribution in [2.75, 3.05) is 20.1 Å². The smallest absolute Gasteiger partial charge is 0.137 e. The Hall–Kier alpha value is -0.700. The van der Waals surface area contributed by atoms with Gasteiger partial charge in [0.05, 0.1) is 0 Å². The Bertz CT molecular complexity index is 225. The van der Waals surface area contributed by atoms with Crippen molar-refractivity contribution in [2.24, 2.45) is 5.92 Å². The Morgan fingerprint density at radius 1 is 1.36 bits per heavy atom. The van der Waals surface area contributed by atoms with E-state index in [1.165, 1.54) is 0 Å². The van der Waals surface area contributed by atoms with Gasteiger partial charge in [0.25, 0.3) is 0 Å². The molecular weight excluding hydrogens is 178 g/mol. The summed E-state index contributed by atoms with van der Waals surface area (Å²) in [5.41, 5.74) is 0. The predicted molar refractivity (Wildman–Crippen MR) is 55.1 cm³/mol. The van der Waals surface area contributed by atoms with Crippen molar-refractivity contribution in [3.05, 3.63) is 0 Å². The number of rotatable bonds is 4. The average Bonchev–Trinajstić information content (AvgIpc) is 2.14. The highest BCUT2D eigenvalue weighted by atomic mass is 16.1. The Kier molecular flexibility index (Phi) is 4.26. The van der Waals surface area contributed by atoms with E-state index < -0.39 is 0 Å². The third-order valence-corrected chi connectivity index (χ3v) is 2.80. The minimum absolute atomic E-state index is 0.113. The monoisotopic (exact) mass is 197 g/mol. The van der Waals surface area contributed by atoms with Crippen molar-refractivity contribution < 1.29 is 9.59 Å². The minimum Gasteiger partial charge on any atom is -0.306 e. The van der Waals surface area contributed by atoms with Gasteiger partial charge in [0.1, 0.15) is 11.6 Å². The molecule has 3 heteroatoms. The lowest BCUT2D eigenvalue weighted by atomic mass is 9.91. The first kappa shape index (κ1) is 11.4. The maximum absolute atomic E-state index is 11.7. The Balaban J connectivity index is 2.32. The van der Waals surface area contributed by atoms with E-state index in [4.69, 9.17) is 0 Å². The van der Waals surface area contributed by atoms with Crippen LogP contribution in [0, 0.1) is 5.92 Å². The normalized spacial score (nSPS) is 23.4. The number of hydrogen-bond donors (Lipinski definition) is 0. The summed E-state index contributed by atoms with van der Waals surface area (Å²) < 4.78 is 0. The molecule has 0 amide bonds. The fourth-order valence-corrected chi connectivity index (χ4v) is 1.93. The van der Waals surface area contributed by atoms with Crippen molar-refractivity contribution in [1.29, 1.82) is 0 Å². The second kappa shape index (κ2) is 5.25. The summed E-state index contributed by atoms with van der Waals surface area (Å²) in [4.78, 5) is 24.6. The number of piperidine rings is 1. The third kappa shape index (κ3) is 3.58. The van der Waals surface area contributed by atoms with Gasteiger partial charge < -0.3 is 9.69 Å². The van der Waals surface area contributed by atoms with Crippen molar-refractivity contribution >= 4 is 11.6 Å². The highest BCUT2D eigenvalue weighted by Gasteiger charge is 2.23. The fraction of sp³-hybridized carbons (Fsp3) is 0.818. The highest BCUT2D eigenvalue weighted by Crippen LogP contribution is 2.17. The Morgan fingerprint density at radius 3 is 2.64 bits per heavy atom. The van der Waals surface area contributed by atoms with Gasteiger partial charge in [0.2, 0.25) is 0 Å². The van der Waals surface area contributed by atoms with Gasteiger partial charge in [-0.15, -0.1) is 0 Å². The lowest BCUT2D eigenvalue weighted by Crippen LogP contribution is -2.36. The Morgan fingerprint density at radius 2 is 2.07 bits per heavy atom. The second-order valence-electron chi connectivity index (χ2n) is 4.27. The molecule has 1 rings (SSSR count). The van der Waals surface area contributed by atoms with E-state index in [-0.39, 0.29) is 17.5 Å². The van der Waals surface area contributed by atoms with Crippen LogP contribution in [-0.4, -0.2) is 36.6 Å². The molecule has 0 aromatic carbocycles. The maximum atomic E-state index is 11.7. The first-order valence-electron chi connectivity index (χ1n) is 5.30. The van der Waals surface area contributed by atoms with Crippen LogP contribution in [0.25, 0.3) is 0 Å². The maximum Gasteiger partial charge on any atom is 0.137 e. The van der Waals surface area contributed by atoms with Gasteiger partial charge in [-0.1, -0.05) is 0 Å². The topological polar surface area (TPSA) is 37.4 Å². The van der Waals surface area contributed by atoms with E-state index in [2.05, 4.69) is 4.90 Å². The molecule has 1 aliphatic heterocycles. The Labute approximate surface area is 85.5 Å². The molecule has 1 saturated heterocycles. The third-order valence-electron chi connectivity index (χ3n) is 2.80. The first-order valence-corrected chi connectivity index (χ1v) is 5.30. The molecule has 1 fully saturated rings. The van der Waals surface area contributed by atoms with Gasteiger partial charge in [-0.05, 0) is 33.4 Å². The number of Topliss-reactive ketones (excluding diaryl/α,β-unsaturated/α-hetero) is 2. The van der Waals surface area contributed by atoms with Crippen molar-refractivity contribution in [3.8, 4) is 0 Å². The van der Waals surface area contributed by atoms with Crippen molar-refractivity contribution in [3.63, 3.8) is 0 Å². The molecule has 3 nitrogen and oxygen atoms in total. The number of hydrogen-bond acceptors (Lipinski definition) is 3. The van der Waals surface area contributed by atoms with Crippen LogP contribution in [0.4, 0.5) is 0 Å². The van der Waals surface area contributed by atoms with Crippen LogP contribution < -0.4 is 0 Å². The molecule has 1 unspecified atom stereocenters. The lowest BCUT2D eigenvalue weighted by molar-refractivity contribution is -0.127. The second-order valence-corrected chi connectivity index (χ2v) is 4.27. The van der Waals surface area contributed by atoms with E-state index in [0.717, 1.165) is 25.9 Å². The largest absolute Gasteiger partial charge is 0.306 e. The zero-order chi connectivity index (χ0) is 10.6. The molecule has 0 spiro atoms. The van der Waals surface area contributed by atoms with Crippen LogP contribution in [0.15, 0.2) is 0 Å². The molecule has 0 bridgehead atoms. The molecule has 80 valence electrons. The molecule has 1 heterocycles. The molecular formula is C11H19NO2. The van der Waals surface area contributed by atoms with Gasteiger partial charge in [0, 0.05) is 25.3 Å². The minimum atomic E-state index is 0.113. The summed E-state index contributed by atoms with van der Waals surface area (Å²) >= 11 is 0. The van der Waals surface area contributed by atoms with Crippen LogP contribution in [0.1, 0.15) is 32.6 Å². The lowest BCUT2D eigenvalue weighted by Gasteiger charge is -2.28. The van der Waals surface area contributed by atoms with Gasteiger partial charge in [0.15, 0.2) is 0 Å². The number of carbonyl (C=O) groups is 2. The fourth-order valence-electron chi connectivity index (χ4n) is 1.93. The molecule has 14 heavy (non-hydrogen) atoms. The van der Waals surface area contributed by atoms with E-state index >= 15 is 0 Å². The highest BCUT2D eigenvalue weighted by molar-refractivity contribution is 5.86. The molecule has 0 aliphatic carbocycles. The molecule has 0 aromatic rings. The van der Waals surface area contributed by atoms with E-state index in [0.29, 0.717) is 12.8 Å². The summed E-state index contributed by atoms with van der Waals surface area (Å²) in [6.07, 6.45) is 2.96. The van der Waals surface area contributed by atoms with Crippen LogP contribution in [-0.2, 0) is 9.59 Å². The van der Waals surface area contributed by atoms with Crippen LogP contribution in [0.2, 0.25) is 0 Å². The molecule has 0 radical (unpaired) electrons. The van der Waals surface area contributed by atoms with Crippen LogP contribution in [0.3, 0.4) is 0 Å². The van der Waals surface area contributed by atoms with E-state index in [1.54, 1.807) is 6.92 Å². The van der Waals surface area contributed by atoms with Gasteiger partial charge >= 0.3 is 0 Å². The van der Waals surface area contributed by atoms with Crippen LogP contribution >= 0.6 is 0 Å². The van der Waals surface area contributed by atoms with E-state index in [1.807, 2.05) is 7.05 Å². The summed E-state index contributed by atoms with van der Waals surface area (Å²) in [5.74, 6) is 0.558. The zero-order valence-corrected chi connectivity index (χ0v) is 9.08. The summed E-state index contributed by atoms with van der Waals surface area (Å²) in [5, 5.41) is 0. The summed E-state index contributed by atoms with van der Waals surface area (Å²) in [7, 11) is 2.05. The van der Waals surface area contributed by atoms with Gasteiger partial charge in [-0.25, -0.2) is 0 Å². The van der Waals surface area contributed by atoms with E-state index in [9.17, 15) is 9.59 Å². The molecule has 0 aromatic heterocycles. The first-order chi connectivity index (χ1) is 6.59. The zero-order valence-electron chi connectivity index (χ0n) is 9.08. The van der Waals surface area contributed by atoms with Gasteiger partial charge in [-0.3, -0.25) is 4.79 Å². The standard InChI is InChI=1S/C11H19NO2/c1-9(13)5-6-11(14)10-4-3-7-12(2)8-10/h10H,3-8H2,1-2H3. The number of nitrogens with zero attached hydrogens (tertiary/aromatic N) is 1. The summed E-state index contributed by atoms with van der Waals surface area (Å²) in [6.45, 7) is 3.51. The van der Waals surface area contributed by atoms with Gasteiger partial charge in [-0.2, -0.15) is 0 Å². The number of carbonyl (C=O) groups excluding carboxylic acids is 2. The summed E-state index contributed by atoms with van der Waals surface area (Å²) in [6, 6.07) is 0. The van der Waals surface area contributed by atoms with Crippen molar-refractivity contribution in [2.45, 2.75) is 32.6 Å². The molecule has 0 N–H and O–H groups in total. The molecule has 0 saturated carbocycles. The SMILES string of the molecule is CC(=O)CCC(=O)C1CCCN(C)C1. The molecule has 1 aliphatic rings. The predicted octanol–water partition coefficient (Wildman–Crippen LogP) is 1.27. The number of likely N-dealkylation sites (tertiary alicyclic amines) is 1. The molecule has 1 atom stereocenters. The number of ketones is 2. The quantitative estimate of drug-likeness (QED) is 0.681.